The van der Waals surface area contributed by atoms with E-state index in [9.17, 15) is 24.0 Å². The number of thioether (sulfide) groups is 1. The molecule has 12 nitrogen and oxygen atoms in total. The molecule has 3 heterocycles. The minimum absolute atomic E-state index is 0.00491. The number of nitrogens with one attached hydrogen (secondary N) is 3. The van der Waals surface area contributed by atoms with E-state index in [-0.39, 0.29) is 44.4 Å². The van der Waals surface area contributed by atoms with Gasteiger partial charge in [-0.05, 0) is 26.7 Å². The summed E-state index contributed by atoms with van der Waals surface area (Å²) in [5, 5.41) is 8.92. The standard InChI is InChI=1S/C17H28N2O7.C5H8N2OS/c1-4-5-6-13(20)18-10-12-25-24-11-9-17(2,3)16(23)26-19-14(21)7-8-15(19)22;8-5-6-3-1-9-2-4(3)7-5/h4-12H2,1-3H3,(H,18,20);3-4H,1-2H2,(H2,6,7,8)/t;3-,4?/m.0/s1. The summed E-state index contributed by atoms with van der Waals surface area (Å²) in [6.45, 7) is 5.91. The Balaban J connectivity index is 0.000000393. The van der Waals surface area contributed by atoms with Crippen LogP contribution in [0.15, 0.2) is 0 Å². The van der Waals surface area contributed by atoms with Gasteiger partial charge in [-0.2, -0.15) is 11.8 Å². The monoisotopic (exact) mass is 516 g/mol. The Hall–Kier alpha value is -2.38. The number of urea groups is 1. The van der Waals surface area contributed by atoms with Crippen LogP contribution in [0.25, 0.3) is 0 Å². The van der Waals surface area contributed by atoms with Crippen molar-refractivity contribution >= 4 is 41.5 Å². The van der Waals surface area contributed by atoms with Crippen LogP contribution in [-0.4, -0.2) is 78.1 Å². The molecule has 0 saturated carbocycles. The van der Waals surface area contributed by atoms with E-state index >= 15 is 0 Å². The van der Waals surface area contributed by atoms with E-state index in [4.69, 9.17) is 14.6 Å². The molecule has 13 heteroatoms. The van der Waals surface area contributed by atoms with Crippen molar-refractivity contribution in [1.82, 2.24) is 21.0 Å². The first-order valence-electron chi connectivity index (χ1n) is 11.9. The zero-order valence-corrected chi connectivity index (χ0v) is 21.4. The van der Waals surface area contributed by atoms with Gasteiger partial charge in [0.15, 0.2) is 0 Å². The average molecular weight is 517 g/mol. The van der Waals surface area contributed by atoms with Crippen LogP contribution in [-0.2, 0) is 33.8 Å². The lowest BCUT2D eigenvalue weighted by Gasteiger charge is -2.24. The van der Waals surface area contributed by atoms with Crippen molar-refractivity contribution in [2.45, 2.75) is 71.4 Å². The lowest BCUT2D eigenvalue weighted by Crippen LogP contribution is -2.38. The quantitative estimate of drug-likeness (QED) is 0.114. The normalized spacial score (nSPS) is 21.1. The number of hydroxylamine groups is 2. The lowest BCUT2D eigenvalue weighted by atomic mass is 9.90. The number of hydrogen-bond acceptors (Lipinski definition) is 9. The van der Waals surface area contributed by atoms with Crippen LogP contribution >= 0.6 is 11.8 Å². The Kier molecular flexibility index (Phi) is 11.7. The van der Waals surface area contributed by atoms with E-state index < -0.39 is 23.2 Å². The zero-order valence-electron chi connectivity index (χ0n) is 20.6. The molecule has 0 bridgehead atoms. The first-order valence-corrected chi connectivity index (χ1v) is 13.0. The first kappa shape index (κ1) is 28.9. The molecule has 0 spiro atoms. The van der Waals surface area contributed by atoms with E-state index in [1.807, 2.05) is 18.7 Å². The number of amides is 5. The highest BCUT2D eigenvalue weighted by Gasteiger charge is 2.38. The van der Waals surface area contributed by atoms with Gasteiger partial charge in [0.1, 0.15) is 0 Å². The maximum atomic E-state index is 12.1. The maximum Gasteiger partial charge on any atom is 0.338 e. The molecule has 3 N–H and O–H groups in total. The second-order valence-corrected chi connectivity index (χ2v) is 10.1. The van der Waals surface area contributed by atoms with Crippen molar-refractivity contribution in [3.05, 3.63) is 0 Å². The van der Waals surface area contributed by atoms with Gasteiger partial charge in [0.25, 0.3) is 11.8 Å². The predicted octanol–water partition coefficient (Wildman–Crippen LogP) is 1.05. The summed E-state index contributed by atoms with van der Waals surface area (Å²) in [5.41, 5.74) is -0.957. The third-order valence-corrected chi connectivity index (χ3v) is 6.79. The van der Waals surface area contributed by atoms with Gasteiger partial charge in [0.2, 0.25) is 5.91 Å². The minimum Gasteiger partial charge on any atom is -0.354 e. The number of carbonyl (C=O) groups excluding carboxylic acids is 5. The lowest BCUT2D eigenvalue weighted by molar-refractivity contribution is -0.295. The highest BCUT2D eigenvalue weighted by atomic mass is 32.2. The second-order valence-electron chi connectivity index (χ2n) is 9.06. The topological polar surface area (TPSA) is 152 Å². The summed E-state index contributed by atoms with van der Waals surface area (Å²) in [4.78, 5) is 71.9. The van der Waals surface area contributed by atoms with Gasteiger partial charge in [-0.3, -0.25) is 14.4 Å². The number of unbranched alkanes of at least 4 members (excludes halogenated alkanes) is 1. The Labute approximate surface area is 209 Å². The molecule has 0 aromatic carbocycles. The molecule has 1 unspecified atom stereocenters. The fraction of sp³-hybridized carbons (Fsp3) is 0.773. The highest BCUT2D eigenvalue weighted by Crippen LogP contribution is 2.25. The van der Waals surface area contributed by atoms with Gasteiger partial charge in [0, 0.05) is 37.3 Å². The summed E-state index contributed by atoms with van der Waals surface area (Å²) in [5.74, 6) is 0.407. The molecule has 3 fully saturated rings. The van der Waals surface area contributed by atoms with Gasteiger partial charge in [-0.25, -0.2) is 19.4 Å². The van der Waals surface area contributed by atoms with Crippen molar-refractivity contribution in [1.29, 1.82) is 0 Å². The summed E-state index contributed by atoms with van der Waals surface area (Å²) in [7, 11) is 0. The summed E-state index contributed by atoms with van der Waals surface area (Å²) < 4.78 is 0. The van der Waals surface area contributed by atoms with E-state index in [1.165, 1.54) is 0 Å². The Morgan fingerprint density at radius 2 is 1.66 bits per heavy atom. The van der Waals surface area contributed by atoms with Crippen molar-refractivity contribution in [3.63, 3.8) is 0 Å². The molecule has 35 heavy (non-hydrogen) atoms. The second kappa shape index (κ2) is 14.2. The molecule has 0 aromatic heterocycles. The fourth-order valence-corrected chi connectivity index (χ4v) is 4.53. The number of rotatable bonds is 12. The molecule has 5 amide bonds. The maximum absolute atomic E-state index is 12.1. The molecule has 3 saturated heterocycles. The highest BCUT2D eigenvalue weighted by molar-refractivity contribution is 7.99. The number of carbonyl (C=O) groups is 5. The molecule has 198 valence electrons. The Morgan fingerprint density at radius 3 is 2.26 bits per heavy atom. The first-order chi connectivity index (χ1) is 16.6. The van der Waals surface area contributed by atoms with Crippen molar-refractivity contribution in [2.24, 2.45) is 5.41 Å². The third-order valence-electron chi connectivity index (χ3n) is 5.60. The van der Waals surface area contributed by atoms with Crippen LogP contribution < -0.4 is 16.0 Å². The van der Waals surface area contributed by atoms with Gasteiger partial charge in [-0.1, -0.05) is 13.3 Å². The zero-order chi connectivity index (χ0) is 25.8. The van der Waals surface area contributed by atoms with Gasteiger partial charge >= 0.3 is 12.0 Å². The molecule has 0 aromatic rings. The van der Waals surface area contributed by atoms with Crippen LogP contribution in [0.4, 0.5) is 4.79 Å². The molecule has 3 aliphatic rings. The number of hydrogen-bond donors (Lipinski definition) is 3. The largest absolute Gasteiger partial charge is 0.354 e. The van der Waals surface area contributed by atoms with Crippen LogP contribution in [0.2, 0.25) is 0 Å². The molecule has 3 rings (SSSR count). The fourth-order valence-electron chi connectivity index (χ4n) is 3.26. The number of fused-ring (bicyclic) bond motifs is 1. The number of imide groups is 1. The summed E-state index contributed by atoms with van der Waals surface area (Å²) in [6, 6.07) is 0.815. The van der Waals surface area contributed by atoms with Crippen LogP contribution in [0.3, 0.4) is 0 Å². The van der Waals surface area contributed by atoms with Crippen molar-refractivity contribution < 1.29 is 38.6 Å². The van der Waals surface area contributed by atoms with Crippen LogP contribution in [0, 0.1) is 5.41 Å². The van der Waals surface area contributed by atoms with E-state index in [0.717, 1.165) is 24.3 Å². The summed E-state index contributed by atoms with van der Waals surface area (Å²) in [6.07, 6.45) is 2.69. The SMILES string of the molecule is CCCCC(=O)NCCOOCCC(C)(C)C(=O)ON1C(=O)CCC1=O.O=C1NC2CSC[C@@H]2N1. The van der Waals surface area contributed by atoms with Gasteiger partial charge in [-0.15, -0.1) is 5.06 Å². The smallest absolute Gasteiger partial charge is 0.338 e. The molecule has 2 atom stereocenters. The Morgan fingerprint density at radius 1 is 1.06 bits per heavy atom. The molecule has 0 aliphatic carbocycles. The van der Waals surface area contributed by atoms with Crippen molar-refractivity contribution in [2.75, 3.05) is 31.3 Å². The molecular formula is C22H36N4O8S. The Bertz CT molecular complexity index is 749. The number of nitrogens with zero attached hydrogens (tertiary/aromatic N) is 1. The molecule has 3 aliphatic heterocycles. The van der Waals surface area contributed by atoms with Crippen LogP contribution in [0.5, 0.6) is 0 Å². The van der Waals surface area contributed by atoms with E-state index in [1.54, 1.807) is 13.8 Å². The average Bonchev–Trinajstić information content (AvgIpc) is 3.48. The van der Waals surface area contributed by atoms with Gasteiger partial charge in [0.05, 0.1) is 30.7 Å². The van der Waals surface area contributed by atoms with Gasteiger partial charge < -0.3 is 20.8 Å². The van der Waals surface area contributed by atoms with Crippen LogP contribution in [0.1, 0.15) is 59.3 Å². The summed E-state index contributed by atoms with van der Waals surface area (Å²) >= 11 is 1.89. The third kappa shape index (κ3) is 9.65. The predicted molar refractivity (Wildman–Crippen MR) is 127 cm³/mol. The molecular weight excluding hydrogens is 480 g/mol. The molecule has 0 radical (unpaired) electrons. The van der Waals surface area contributed by atoms with E-state index in [2.05, 4.69) is 16.0 Å². The minimum atomic E-state index is -0.957. The van der Waals surface area contributed by atoms with E-state index in [0.29, 0.717) is 30.1 Å². The van der Waals surface area contributed by atoms with Crippen molar-refractivity contribution in [3.8, 4) is 0 Å².